The number of amides is 2. The number of sulfonamides is 1. The molecule has 0 atom stereocenters. The van der Waals surface area contributed by atoms with Crippen LogP contribution in [0.4, 0.5) is 4.79 Å². The minimum atomic E-state index is -3.65. The lowest BCUT2D eigenvalue weighted by Gasteiger charge is -2.34. The first kappa shape index (κ1) is 20.9. The van der Waals surface area contributed by atoms with Crippen molar-refractivity contribution in [1.82, 2.24) is 9.21 Å². The van der Waals surface area contributed by atoms with Crippen LogP contribution in [0.25, 0.3) is 0 Å². The number of aryl methyl sites for hydroxylation is 1. The lowest BCUT2D eigenvalue weighted by Crippen LogP contribution is -2.48. The number of piperidine rings is 1. The van der Waals surface area contributed by atoms with Gasteiger partial charge in [0.1, 0.15) is 11.5 Å². The topological polar surface area (TPSA) is 84.0 Å². The predicted molar refractivity (Wildman–Crippen MR) is 114 cm³/mol. The molecule has 2 aliphatic rings. The summed E-state index contributed by atoms with van der Waals surface area (Å²) in [6.45, 7) is 2.52. The first-order chi connectivity index (χ1) is 14.3. The van der Waals surface area contributed by atoms with Crippen LogP contribution in [0.2, 0.25) is 0 Å². The fourth-order valence-corrected chi connectivity index (χ4v) is 5.95. The first-order valence-corrected chi connectivity index (χ1v) is 12.1. The number of ether oxygens (including phenoxy) is 1. The van der Waals surface area contributed by atoms with Crippen LogP contribution in [0.3, 0.4) is 0 Å². The molecule has 2 heterocycles. The van der Waals surface area contributed by atoms with Crippen LogP contribution in [-0.2, 0) is 14.8 Å². The average molecular weight is 447 g/mol. The quantitative estimate of drug-likeness (QED) is 0.697. The lowest BCUT2D eigenvalue weighted by atomic mass is 10.1. The molecule has 0 spiro atoms. The van der Waals surface area contributed by atoms with Crippen molar-refractivity contribution < 1.29 is 22.7 Å². The van der Waals surface area contributed by atoms with Crippen LogP contribution >= 0.6 is 11.8 Å². The summed E-state index contributed by atoms with van der Waals surface area (Å²) in [5.41, 5.74) is 1.08. The van der Waals surface area contributed by atoms with E-state index in [0.717, 1.165) is 17.3 Å². The molecule has 30 heavy (non-hydrogen) atoms. The van der Waals surface area contributed by atoms with Gasteiger partial charge in [-0.15, -0.1) is 0 Å². The molecular formula is C21H22N2O5S2. The first-order valence-electron chi connectivity index (χ1n) is 9.68. The van der Waals surface area contributed by atoms with Crippen molar-refractivity contribution in [3.05, 3.63) is 54.1 Å². The molecule has 2 aliphatic heterocycles. The fourth-order valence-electron chi connectivity index (χ4n) is 3.70. The summed E-state index contributed by atoms with van der Waals surface area (Å²) in [4.78, 5) is 25.3. The van der Waals surface area contributed by atoms with Crippen molar-refractivity contribution in [2.75, 3.05) is 18.8 Å². The predicted octanol–water partition coefficient (Wildman–Crippen LogP) is 3.64. The van der Waals surface area contributed by atoms with Crippen molar-refractivity contribution in [2.24, 2.45) is 0 Å². The van der Waals surface area contributed by atoms with E-state index in [1.807, 2.05) is 31.2 Å². The zero-order valence-corrected chi connectivity index (χ0v) is 18.1. The molecule has 7 nitrogen and oxygen atoms in total. The van der Waals surface area contributed by atoms with Gasteiger partial charge in [-0.2, -0.15) is 4.31 Å². The van der Waals surface area contributed by atoms with Crippen LogP contribution in [0.15, 0.2) is 53.4 Å². The number of hydrogen-bond donors (Lipinski definition) is 0. The second-order valence-electron chi connectivity index (χ2n) is 7.34. The Labute approximate surface area is 180 Å². The molecule has 0 aromatic heterocycles. The summed E-state index contributed by atoms with van der Waals surface area (Å²) in [5.74, 6) is 1.24. The Hall–Kier alpha value is -2.36. The Morgan fingerprint density at radius 1 is 1.00 bits per heavy atom. The van der Waals surface area contributed by atoms with Gasteiger partial charge in [-0.25, -0.2) is 8.42 Å². The average Bonchev–Trinajstić information content (AvgIpc) is 3.07. The third-order valence-corrected chi connectivity index (χ3v) is 8.01. The highest BCUT2D eigenvalue weighted by Crippen LogP contribution is 2.30. The van der Waals surface area contributed by atoms with Gasteiger partial charge in [0.2, 0.25) is 15.9 Å². The van der Waals surface area contributed by atoms with E-state index in [-0.39, 0.29) is 40.9 Å². The lowest BCUT2D eigenvalue weighted by molar-refractivity contribution is -0.126. The van der Waals surface area contributed by atoms with Crippen molar-refractivity contribution in [2.45, 2.75) is 30.7 Å². The molecule has 0 N–H and O–H groups in total. The third-order valence-electron chi connectivity index (χ3n) is 5.26. The Bertz CT molecular complexity index is 1050. The second kappa shape index (κ2) is 8.41. The van der Waals surface area contributed by atoms with Crippen LogP contribution in [-0.4, -0.2) is 53.7 Å². The second-order valence-corrected chi connectivity index (χ2v) is 10.2. The fraction of sp³-hybridized carbons (Fsp3) is 0.333. The van der Waals surface area contributed by atoms with E-state index in [9.17, 15) is 18.0 Å². The zero-order chi connectivity index (χ0) is 21.3. The number of carbonyl (C=O) groups is 2. The maximum atomic E-state index is 13.0. The number of nitrogens with zero attached hydrogens (tertiary/aromatic N) is 2. The van der Waals surface area contributed by atoms with Gasteiger partial charge >= 0.3 is 0 Å². The number of imide groups is 1. The molecule has 2 aromatic carbocycles. The van der Waals surface area contributed by atoms with E-state index >= 15 is 0 Å². The van der Waals surface area contributed by atoms with Gasteiger partial charge in [0.25, 0.3) is 5.24 Å². The summed E-state index contributed by atoms with van der Waals surface area (Å²) >= 11 is 1.01. The minimum Gasteiger partial charge on any atom is -0.457 e. The number of carbonyl (C=O) groups excluding carboxylic acids is 2. The molecule has 2 amide bonds. The Kier molecular flexibility index (Phi) is 5.86. The Balaban J connectivity index is 1.41. The maximum absolute atomic E-state index is 13.0. The normalized spacial score (nSPS) is 18.8. The molecule has 0 aliphatic carbocycles. The number of thioether (sulfide) groups is 1. The zero-order valence-electron chi connectivity index (χ0n) is 16.5. The van der Waals surface area contributed by atoms with Gasteiger partial charge in [-0.3, -0.25) is 14.5 Å². The standard InChI is InChI=1S/C21H22N2O5S2/c1-15-3-2-4-18(13-15)28-17-5-7-19(8-6-17)30(26,27)22-11-9-16(10-12-22)23-20(24)14-29-21(23)25/h2-8,13,16H,9-12,14H2,1H3. The molecule has 0 saturated carbocycles. The van der Waals surface area contributed by atoms with E-state index in [2.05, 4.69) is 0 Å². The molecule has 158 valence electrons. The molecule has 0 radical (unpaired) electrons. The van der Waals surface area contributed by atoms with E-state index < -0.39 is 10.0 Å². The third kappa shape index (κ3) is 4.23. The van der Waals surface area contributed by atoms with Crippen LogP contribution in [0, 0.1) is 6.92 Å². The summed E-state index contributed by atoms with van der Waals surface area (Å²) in [5, 5.41) is -0.231. The van der Waals surface area contributed by atoms with Gasteiger partial charge in [0.15, 0.2) is 0 Å². The largest absolute Gasteiger partial charge is 0.457 e. The van der Waals surface area contributed by atoms with Crippen molar-refractivity contribution in [3.8, 4) is 11.5 Å². The summed E-state index contributed by atoms with van der Waals surface area (Å²) < 4.78 is 33.2. The molecule has 2 saturated heterocycles. The smallest absolute Gasteiger partial charge is 0.289 e. The highest BCUT2D eigenvalue weighted by Gasteiger charge is 2.39. The van der Waals surface area contributed by atoms with E-state index in [1.165, 1.54) is 21.3 Å². The summed E-state index contributed by atoms with van der Waals surface area (Å²) in [6, 6.07) is 13.8. The molecule has 4 rings (SSSR count). The van der Waals surface area contributed by atoms with Crippen LogP contribution < -0.4 is 4.74 Å². The van der Waals surface area contributed by atoms with Crippen molar-refractivity contribution in [1.29, 1.82) is 0 Å². The monoisotopic (exact) mass is 446 g/mol. The van der Waals surface area contributed by atoms with E-state index in [4.69, 9.17) is 4.74 Å². The summed E-state index contributed by atoms with van der Waals surface area (Å²) in [7, 11) is -3.65. The molecular weight excluding hydrogens is 424 g/mol. The number of rotatable bonds is 5. The van der Waals surface area contributed by atoms with Crippen molar-refractivity contribution in [3.63, 3.8) is 0 Å². The van der Waals surface area contributed by atoms with E-state index in [0.29, 0.717) is 24.3 Å². The molecule has 9 heteroatoms. The Morgan fingerprint density at radius 2 is 1.70 bits per heavy atom. The molecule has 0 bridgehead atoms. The highest BCUT2D eigenvalue weighted by molar-refractivity contribution is 8.14. The number of hydrogen-bond acceptors (Lipinski definition) is 6. The molecule has 0 unspecified atom stereocenters. The van der Waals surface area contributed by atoms with Gasteiger partial charge in [-0.1, -0.05) is 23.9 Å². The van der Waals surface area contributed by atoms with Crippen LogP contribution in [0.1, 0.15) is 18.4 Å². The Morgan fingerprint density at radius 3 is 2.30 bits per heavy atom. The van der Waals surface area contributed by atoms with Gasteiger partial charge < -0.3 is 4.74 Å². The van der Waals surface area contributed by atoms with Crippen molar-refractivity contribution >= 4 is 32.9 Å². The van der Waals surface area contributed by atoms with Gasteiger partial charge in [-0.05, 0) is 61.7 Å². The SMILES string of the molecule is Cc1cccc(Oc2ccc(S(=O)(=O)N3CCC(N4C(=O)CSC4=O)CC3)cc2)c1. The highest BCUT2D eigenvalue weighted by atomic mass is 32.2. The molecule has 2 fully saturated rings. The molecule has 2 aromatic rings. The maximum Gasteiger partial charge on any atom is 0.289 e. The minimum absolute atomic E-state index is 0.175. The van der Waals surface area contributed by atoms with E-state index in [1.54, 1.807) is 12.1 Å². The van der Waals surface area contributed by atoms with Gasteiger partial charge in [0, 0.05) is 19.1 Å². The van der Waals surface area contributed by atoms with Gasteiger partial charge in [0.05, 0.1) is 10.6 Å². The number of benzene rings is 2. The summed E-state index contributed by atoms with van der Waals surface area (Å²) in [6.07, 6.45) is 0.900. The van der Waals surface area contributed by atoms with Crippen LogP contribution in [0.5, 0.6) is 11.5 Å².